The Balaban J connectivity index is 2.15. The van der Waals surface area contributed by atoms with Gasteiger partial charge in [0.05, 0.1) is 6.54 Å². The molecule has 0 unspecified atom stereocenters. The average molecular weight is 200 g/mol. The number of amides is 2. The minimum atomic E-state index is -1.16. The summed E-state index contributed by atoms with van der Waals surface area (Å²) in [6.07, 6.45) is 4.40. The summed E-state index contributed by atoms with van der Waals surface area (Å²) in [7, 11) is 0. The molecule has 3 N–H and O–H groups in total. The summed E-state index contributed by atoms with van der Waals surface area (Å²) < 4.78 is 0. The summed E-state index contributed by atoms with van der Waals surface area (Å²) in [6, 6.07) is 0.242. The van der Waals surface area contributed by atoms with Gasteiger partial charge in [-0.05, 0) is 12.8 Å². The van der Waals surface area contributed by atoms with Gasteiger partial charge in [-0.3, -0.25) is 4.79 Å². The first-order valence-corrected chi connectivity index (χ1v) is 4.94. The van der Waals surface area contributed by atoms with Gasteiger partial charge in [-0.15, -0.1) is 0 Å². The first-order valence-electron chi connectivity index (χ1n) is 4.94. The Morgan fingerprint density at radius 3 is 2.43 bits per heavy atom. The molecule has 0 aromatic rings. The van der Waals surface area contributed by atoms with Gasteiger partial charge in [-0.1, -0.05) is 19.3 Å². The van der Waals surface area contributed by atoms with E-state index in [9.17, 15) is 9.59 Å². The molecule has 0 aromatic carbocycles. The van der Waals surface area contributed by atoms with Crippen molar-refractivity contribution in [1.82, 2.24) is 10.6 Å². The normalized spacial score (nSPS) is 17.4. The molecule has 2 amide bonds. The fourth-order valence-corrected chi connectivity index (χ4v) is 1.68. The van der Waals surface area contributed by atoms with Gasteiger partial charge in [0.25, 0.3) is 0 Å². The molecule has 1 aliphatic rings. The molecule has 80 valence electrons. The Bertz CT molecular complexity index is 212. The van der Waals surface area contributed by atoms with E-state index in [2.05, 4.69) is 5.32 Å². The number of hydrogen-bond donors (Lipinski definition) is 3. The fraction of sp³-hybridized carbons (Fsp3) is 0.778. The standard InChI is InChI=1S/C9H16N2O3/c12-8(6-10-9(13)14)11-7-4-2-1-3-5-7/h7,10H,1-6H2,(H,11,12)(H,13,14). The second kappa shape index (κ2) is 5.47. The fourth-order valence-electron chi connectivity index (χ4n) is 1.68. The number of carboxylic acid groups (broad SMARTS) is 1. The van der Waals surface area contributed by atoms with Crippen molar-refractivity contribution in [3.05, 3.63) is 0 Å². The van der Waals surface area contributed by atoms with E-state index in [1.165, 1.54) is 6.42 Å². The highest BCUT2D eigenvalue weighted by molar-refractivity contribution is 5.81. The number of carbonyl (C=O) groups excluding carboxylic acids is 1. The van der Waals surface area contributed by atoms with E-state index >= 15 is 0 Å². The number of hydrogen-bond acceptors (Lipinski definition) is 2. The summed E-state index contributed by atoms with van der Waals surface area (Å²) in [5, 5.41) is 13.1. The van der Waals surface area contributed by atoms with Crippen molar-refractivity contribution in [2.75, 3.05) is 6.54 Å². The molecule has 5 heteroatoms. The van der Waals surface area contributed by atoms with Crippen LogP contribution in [0, 0.1) is 0 Å². The van der Waals surface area contributed by atoms with Crippen LogP contribution in [0.3, 0.4) is 0 Å². The van der Waals surface area contributed by atoms with Crippen molar-refractivity contribution in [2.45, 2.75) is 38.1 Å². The molecule has 14 heavy (non-hydrogen) atoms. The van der Waals surface area contributed by atoms with E-state index in [1.807, 2.05) is 5.32 Å². The number of nitrogens with one attached hydrogen (secondary N) is 2. The topological polar surface area (TPSA) is 78.4 Å². The Morgan fingerprint density at radius 2 is 1.86 bits per heavy atom. The molecule has 0 atom stereocenters. The monoisotopic (exact) mass is 200 g/mol. The molecular weight excluding hydrogens is 184 g/mol. The predicted molar refractivity (Wildman–Crippen MR) is 51.0 cm³/mol. The summed E-state index contributed by atoms with van der Waals surface area (Å²) in [4.78, 5) is 21.3. The SMILES string of the molecule is O=C(O)NCC(=O)NC1CCCCC1. The summed E-state index contributed by atoms with van der Waals surface area (Å²) in [5.74, 6) is -0.237. The first kappa shape index (κ1) is 10.8. The quantitative estimate of drug-likeness (QED) is 0.627. The van der Waals surface area contributed by atoms with Crippen LogP contribution in [0.25, 0.3) is 0 Å². The molecule has 5 nitrogen and oxygen atoms in total. The van der Waals surface area contributed by atoms with Crippen molar-refractivity contribution in [3.8, 4) is 0 Å². The molecule has 1 aliphatic carbocycles. The molecule has 0 aliphatic heterocycles. The lowest BCUT2D eigenvalue weighted by Crippen LogP contribution is -2.42. The first-order chi connectivity index (χ1) is 6.68. The van der Waals surface area contributed by atoms with Crippen LogP contribution in [0.2, 0.25) is 0 Å². The van der Waals surface area contributed by atoms with Gasteiger partial charge >= 0.3 is 6.09 Å². The Morgan fingerprint density at radius 1 is 1.21 bits per heavy atom. The highest BCUT2D eigenvalue weighted by Crippen LogP contribution is 2.16. The van der Waals surface area contributed by atoms with Crippen LogP contribution in [0.1, 0.15) is 32.1 Å². The Labute approximate surface area is 82.9 Å². The lowest BCUT2D eigenvalue weighted by molar-refractivity contribution is -0.121. The molecule has 1 rings (SSSR count). The number of carbonyl (C=O) groups is 2. The van der Waals surface area contributed by atoms with E-state index in [0.29, 0.717) is 0 Å². The van der Waals surface area contributed by atoms with Crippen LogP contribution in [0.15, 0.2) is 0 Å². The van der Waals surface area contributed by atoms with Crippen molar-refractivity contribution >= 4 is 12.0 Å². The zero-order chi connectivity index (χ0) is 10.4. The second-order valence-electron chi connectivity index (χ2n) is 3.56. The van der Waals surface area contributed by atoms with Gasteiger partial charge in [-0.25, -0.2) is 4.79 Å². The predicted octanol–water partition coefficient (Wildman–Crippen LogP) is 0.703. The zero-order valence-electron chi connectivity index (χ0n) is 8.08. The molecule has 1 saturated carbocycles. The number of rotatable bonds is 3. The molecule has 0 heterocycles. The maximum absolute atomic E-state index is 11.2. The molecule has 1 fully saturated rings. The maximum atomic E-state index is 11.2. The molecule has 0 aromatic heterocycles. The van der Waals surface area contributed by atoms with Crippen molar-refractivity contribution < 1.29 is 14.7 Å². The lowest BCUT2D eigenvalue weighted by Gasteiger charge is -2.22. The van der Waals surface area contributed by atoms with Gasteiger partial charge < -0.3 is 15.7 Å². The van der Waals surface area contributed by atoms with Crippen LogP contribution in [-0.2, 0) is 4.79 Å². The zero-order valence-corrected chi connectivity index (χ0v) is 8.08. The average Bonchev–Trinajstić information content (AvgIpc) is 2.16. The highest BCUT2D eigenvalue weighted by atomic mass is 16.4. The molecule has 0 bridgehead atoms. The van der Waals surface area contributed by atoms with E-state index in [0.717, 1.165) is 25.7 Å². The molecular formula is C9H16N2O3. The van der Waals surface area contributed by atoms with Crippen LogP contribution in [-0.4, -0.2) is 29.7 Å². The van der Waals surface area contributed by atoms with Crippen molar-refractivity contribution in [3.63, 3.8) is 0 Å². The largest absolute Gasteiger partial charge is 0.465 e. The van der Waals surface area contributed by atoms with Crippen molar-refractivity contribution in [1.29, 1.82) is 0 Å². The molecule has 0 spiro atoms. The summed E-state index contributed by atoms with van der Waals surface area (Å²) in [6.45, 7) is -0.147. The van der Waals surface area contributed by atoms with Crippen molar-refractivity contribution in [2.24, 2.45) is 0 Å². The van der Waals surface area contributed by atoms with Crippen LogP contribution in [0.5, 0.6) is 0 Å². The molecule has 0 saturated heterocycles. The van der Waals surface area contributed by atoms with Gasteiger partial charge in [0, 0.05) is 6.04 Å². The summed E-state index contributed by atoms with van der Waals surface area (Å²) in [5.41, 5.74) is 0. The maximum Gasteiger partial charge on any atom is 0.405 e. The Kier molecular flexibility index (Phi) is 4.22. The van der Waals surface area contributed by atoms with Gasteiger partial charge in [0.15, 0.2) is 0 Å². The third-order valence-electron chi connectivity index (χ3n) is 2.37. The van der Waals surface area contributed by atoms with Gasteiger partial charge in [-0.2, -0.15) is 0 Å². The van der Waals surface area contributed by atoms with Gasteiger partial charge in [0.1, 0.15) is 0 Å². The van der Waals surface area contributed by atoms with E-state index in [-0.39, 0.29) is 18.5 Å². The van der Waals surface area contributed by atoms with E-state index < -0.39 is 6.09 Å². The van der Waals surface area contributed by atoms with Crippen LogP contribution < -0.4 is 10.6 Å². The lowest BCUT2D eigenvalue weighted by atomic mass is 9.95. The minimum Gasteiger partial charge on any atom is -0.465 e. The van der Waals surface area contributed by atoms with Crippen LogP contribution in [0.4, 0.5) is 4.79 Å². The van der Waals surface area contributed by atoms with Gasteiger partial charge in [0.2, 0.25) is 5.91 Å². The highest BCUT2D eigenvalue weighted by Gasteiger charge is 2.15. The molecule has 0 radical (unpaired) electrons. The third-order valence-corrected chi connectivity index (χ3v) is 2.37. The third kappa shape index (κ3) is 4.11. The second-order valence-corrected chi connectivity index (χ2v) is 3.56. The minimum absolute atomic E-state index is 0.147. The van der Waals surface area contributed by atoms with Crippen LogP contribution >= 0.6 is 0 Å². The van der Waals surface area contributed by atoms with E-state index in [1.54, 1.807) is 0 Å². The Hall–Kier alpha value is -1.26. The smallest absolute Gasteiger partial charge is 0.405 e. The van der Waals surface area contributed by atoms with E-state index in [4.69, 9.17) is 5.11 Å². The summed E-state index contributed by atoms with van der Waals surface area (Å²) >= 11 is 0.